The minimum Gasteiger partial charge on any atom is -0.496 e. The van der Waals surface area contributed by atoms with E-state index in [1.54, 1.807) is 7.11 Å². The molecule has 1 aliphatic heterocycles. The Balaban J connectivity index is 2.29. The number of rotatable bonds is 4. The molecule has 0 N–H and O–H groups in total. The van der Waals surface area contributed by atoms with Crippen LogP contribution in [-0.4, -0.2) is 24.5 Å². The van der Waals surface area contributed by atoms with Crippen molar-refractivity contribution in [2.75, 3.05) is 13.7 Å². The summed E-state index contributed by atoms with van der Waals surface area (Å²) in [5.41, 5.74) is 1.11. The Morgan fingerprint density at radius 3 is 3.00 bits per heavy atom. The van der Waals surface area contributed by atoms with E-state index in [0.717, 1.165) is 41.6 Å². The van der Waals surface area contributed by atoms with E-state index in [0.29, 0.717) is 6.42 Å². The first-order valence-electron chi connectivity index (χ1n) is 6.80. The second-order valence-corrected chi connectivity index (χ2v) is 5.80. The summed E-state index contributed by atoms with van der Waals surface area (Å²) in [7, 11) is 1.68. The smallest absolute Gasteiger partial charge is 0.223 e. The van der Waals surface area contributed by atoms with Crippen LogP contribution in [0.25, 0.3) is 0 Å². The fraction of sp³-hybridized carbons (Fsp3) is 0.533. The van der Waals surface area contributed by atoms with Crippen molar-refractivity contribution in [2.24, 2.45) is 0 Å². The highest BCUT2D eigenvalue weighted by molar-refractivity contribution is 9.10. The molecule has 104 valence electrons. The quantitative estimate of drug-likeness (QED) is 0.839. The van der Waals surface area contributed by atoms with Crippen LogP contribution in [0.2, 0.25) is 0 Å². The Hall–Kier alpha value is -1.03. The zero-order valence-corrected chi connectivity index (χ0v) is 13.1. The van der Waals surface area contributed by atoms with Gasteiger partial charge in [0.15, 0.2) is 0 Å². The number of methoxy groups -OCH3 is 1. The van der Waals surface area contributed by atoms with Crippen molar-refractivity contribution in [3.63, 3.8) is 0 Å². The van der Waals surface area contributed by atoms with E-state index in [-0.39, 0.29) is 11.9 Å². The van der Waals surface area contributed by atoms with Gasteiger partial charge in [0.05, 0.1) is 13.2 Å². The van der Waals surface area contributed by atoms with Crippen LogP contribution < -0.4 is 4.74 Å². The van der Waals surface area contributed by atoms with E-state index in [9.17, 15) is 4.79 Å². The third-order valence-corrected chi connectivity index (χ3v) is 4.08. The first kappa shape index (κ1) is 14.4. The van der Waals surface area contributed by atoms with Crippen LogP contribution in [0.15, 0.2) is 22.7 Å². The standard InChI is InChI=1S/C15H20BrNO2/c1-3-5-15(18)17-9-4-6-13(17)12-10-11(16)7-8-14(12)19-2/h7-8,10,13H,3-6,9H2,1-2H3/t13-/m1/s1. The molecule has 0 radical (unpaired) electrons. The molecule has 1 aromatic rings. The minimum atomic E-state index is 0.159. The summed E-state index contributed by atoms with van der Waals surface area (Å²) >= 11 is 3.50. The molecule has 0 aliphatic carbocycles. The highest BCUT2D eigenvalue weighted by Crippen LogP contribution is 2.38. The van der Waals surface area contributed by atoms with Crippen molar-refractivity contribution in [3.8, 4) is 5.75 Å². The fourth-order valence-electron chi connectivity index (χ4n) is 2.71. The molecule has 1 amide bonds. The molecular weight excluding hydrogens is 306 g/mol. The van der Waals surface area contributed by atoms with Gasteiger partial charge in [-0.25, -0.2) is 0 Å². The van der Waals surface area contributed by atoms with Crippen LogP contribution in [0.3, 0.4) is 0 Å². The summed E-state index contributed by atoms with van der Waals surface area (Å²) in [6, 6.07) is 6.16. The normalized spacial score (nSPS) is 18.7. The van der Waals surface area contributed by atoms with Gasteiger partial charge < -0.3 is 9.64 Å². The maximum Gasteiger partial charge on any atom is 0.223 e. The summed E-state index contributed by atoms with van der Waals surface area (Å²) in [5, 5.41) is 0. The number of hydrogen-bond acceptors (Lipinski definition) is 2. The predicted molar refractivity (Wildman–Crippen MR) is 79.3 cm³/mol. The molecule has 4 heteroatoms. The Bertz CT molecular complexity index is 461. The van der Waals surface area contributed by atoms with E-state index in [1.165, 1.54) is 0 Å². The van der Waals surface area contributed by atoms with Gasteiger partial charge in [-0.15, -0.1) is 0 Å². The Labute approximate surface area is 123 Å². The SMILES string of the molecule is CCCC(=O)N1CCC[C@@H]1c1cc(Br)ccc1OC. The van der Waals surface area contributed by atoms with Crippen LogP contribution in [0.1, 0.15) is 44.2 Å². The molecule has 0 spiro atoms. The van der Waals surface area contributed by atoms with Gasteiger partial charge in [-0.1, -0.05) is 22.9 Å². The molecule has 0 saturated carbocycles. The third-order valence-electron chi connectivity index (χ3n) is 3.59. The lowest BCUT2D eigenvalue weighted by Gasteiger charge is -2.26. The number of ether oxygens (including phenoxy) is 1. The van der Waals surface area contributed by atoms with Gasteiger partial charge in [-0.05, 0) is 37.5 Å². The molecule has 19 heavy (non-hydrogen) atoms. The number of likely N-dealkylation sites (tertiary alicyclic amines) is 1. The van der Waals surface area contributed by atoms with E-state index >= 15 is 0 Å². The average molecular weight is 326 g/mol. The van der Waals surface area contributed by atoms with Crippen molar-refractivity contribution in [1.29, 1.82) is 0 Å². The largest absolute Gasteiger partial charge is 0.496 e. The van der Waals surface area contributed by atoms with Crippen LogP contribution in [0.4, 0.5) is 0 Å². The predicted octanol–water partition coefficient (Wildman–Crippen LogP) is 3.92. The van der Waals surface area contributed by atoms with Gasteiger partial charge in [0.1, 0.15) is 5.75 Å². The van der Waals surface area contributed by atoms with Crippen molar-refractivity contribution < 1.29 is 9.53 Å². The third kappa shape index (κ3) is 3.11. The molecule has 0 unspecified atom stereocenters. The molecule has 1 heterocycles. The lowest BCUT2D eigenvalue weighted by Crippen LogP contribution is -2.30. The number of benzene rings is 1. The number of halogens is 1. The van der Waals surface area contributed by atoms with Crippen molar-refractivity contribution >= 4 is 21.8 Å². The second-order valence-electron chi connectivity index (χ2n) is 4.88. The highest BCUT2D eigenvalue weighted by Gasteiger charge is 2.31. The maximum absolute atomic E-state index is 12.2. The molecule has 3 nitrogen and oxygen atoms in total. The molecule has 1 atom stereocenters. The number of carbonyl (C=O) groups is 1. The lowest BCUT2D eigenvalue weighted by atomic mass is 10.0. The maximum atomic E-state index is 12.2. The van der Waals surface area contributed by atoms with Gasteiger partial charge in [0.25, 0.3) is 0 Å². The van der Waals surface area contributed by atoms with Crippen LogP contribution in [0, 0.1) is 0 Å². The van der Waals surface area contributed by atoms with Crippen molar-refractivity contribution in [2.45, 2.75) is 38.6 Å². The summed E-state index contributed by atoms with van der Waals surface area (Å²) < 4.78 is 6.47. The van der Waals surface area contributed by atoms with Crippen LogP contribution in [0.5, 0.6) is 5.75 Å². The topological polar surface area (TPSA) is 29.5 Å². The number of hydrogen-bond donors (Lipinski definition) is 0. The van der Waals surface area contributed by atoms with Gasteiger partial charge >= 0.3 is 0 Å². The fourth-order valence-corrected chi connectivity index (χ4v) is 3.09. The summed E-state index contributed by atoms with van der Waals surface area (Å²) in [4.78, 5) is 14.2. The van der Waals surface area contributed by atoms with Gasteiger partial charge in [-0.3, -0.25) is 4.79 Å². The number of carbonyl (C=O) groups excluding carboxylic acids is 1. The number of amides is 1. The van der Waals surface area contributed by atoms with Crippen LogP contribution >= 0.6 is 15.9 Å². The highest BCUT2D eigenvalue weighted by atomic mass is 79.9. The van der Waals surface area contributed by atoms with Crippen molar-refractivity contribution in [3.05, 3.63) is 28.2 Å². The Morgan fingerprint density at radius 2 is 2.32 bits per heavy atom. The van der Waals surface area contributed by atoms with Crippen LogP contribution in [-0.2, 0) is 4.79 Å². The van der Waals surface area contributed by atoms with E-state index in [4.69, 9.17) is 4.74 Å². The second kappa shape index (κ2) is 6.42. The van der Waals surface area contributed by atoms with Gasteiger partial charge in [0.2, 0.25) is 5.91 Å². The number of nitrogens with zero attached hydrogens (tertiary/aromatic N) is 1. The van der Waals surface area contributed by atoms with E-state index in [2.05, 4.69) is 22.0 Å². The molecule has 1 fully saturated rings. The van der Waals surface area contributed by atoms with Gasteiger partial charge in [0, 0.05) is 23.0 Å². The first-order chi connectivity index (χ1) is 9.17. The zero-order chi connectivity index (χ0) is 13.8. The molecule has 1 aromatic carbocycles. The first-order valence-corrected chi connectivity index (χ1v) is 7.59. The molecule has 0 aromatic heterocycles. The van der Waals surface area contributed by atoms with Gasteiger partial charge in [-0.2, -0.15) is 0 Å². The molecule has 1 saturated heterocycles. The monoisotopic (exact) mass is 325 g/mol. The Kier molecular flexibility index (Phi) is 4.86. The Morgan fingerprint density at radius 1 is 1.53 bits per heavy atom. The van der Waals surface area contributed by atoms with E-state index < -0.39 is 0 Å². The average Bonchev–Trinajstić information content (AvgIpc) is 2.88. The summed E-state index contributed by atoms with van der Waals surface area (Å²) in [6.07, 6.45) is 3.61. The van der Waals surface area contributed by atoms with Crippen molar-refractivity contribution in [1.82, 2.24) is 4.90 Å². The summed E-state index contributed by atoms with van der Waals surface area (Å²) in [5.74, 6) is 1.12. The zero-order valence-electron chi connectivity index (χ0n) is 11.5. The van der Waals surface area contributed by atoms with E-state index in [1.807, 2.05) is 24.0 Å². The molecular formula is C15H20BrNO2. The molecule has 1 aliphatic rings. The molecule has 0 bridgehead atoms. The minimum absolute atomic E-state index is 0.159. The summed E-state index contributed by atoms with van der Waals surface area (Å²) in [6.45, 7) is 2.90. The lowest BCUT2D eigenvalue weighted by molar-refractivity contribution is -0.132. The molecule has 2 rings (SSSR count).